The fraction of sp³-hybridized carbons (Fsp3) is 0.333. The van der Waals surface area contributed by atoms with Crippen molar-refractivity contribution in [2.45, 2.75) is 33.1 Å². The van der Waals surface area contributed by atoms with Crippen molar-refractivity contribution in [3.63, 3.8) is 0 Å². The molecule has 0 saturated carbocycles. The van der Waals surface area contributed by atoms with Crippen molar-refractivity contribution in [1.29, 1.82) is 0 Å². The number of hydrogen-bond acceptors (Lipinski definition) is 8. The Bertz CT molecular complexity index is 1720. The van der Waals surface area contributed by atoms with Gasteiger partial charge in [-0.2, -0.15) is 0 Å². The van der Waals surface area contributed by atoms with E-state index in [2.05, 4.69) is 45.0 Å². The fourth-order valence-corrected chi connectivity index (χ4v) is 5.74. The summed E-state index contributed by atoms with van der Waals surface area (Å²) in [5.41, 5.74) is 3.45. The number of amides is 3. The number of methoxy groups -OCH3 is 1. The lowest BCUT2D eigenvalue weighted by Gasteiger charge is -2.10. The van der Waals surface area contributed by atoms with Crippen molar-refractivity contribution in [2.24, 2.45) is 13.0 Å². The number of thiazole rings is 1. The summed E-state index contributed by atoms with van der Waals surface area (Å²) in [5, 5.41) is 12.2. The van der Waals surface area contributed by atoms with Gasteiger partial charge in [0.2, 0.25) is 0 Å². The predicted octanol–water partition coefficient (Wildman–Crippen LogP) is 6.35. The number of anilines is 3. The number of aryl methyl sites for hydroxylation is 2. The summed E-state index contributed by atoms with van der Waals surface area (Å²) in [6.07, 6.45) is 7.85. The van der Waals surface area contributed by atoms with Crippen molar-refractivity contribution in [2.75, 3.05) is 50.2 Å². The average molecular weight is 672 g/mol. The Morgan fingerprint density at radius 1 is 1.00 bits per heavy atom. The molecular weight excluding hydrogens is 627 g/mol. The number of rotatable bonds is 16. The molecule has 12 heteroatoms. The van der Waals surface area contributed by atoms with Crippen LogP contribution in [0.1, 0.15) is 68.5 Å². The van der Waals surface area contributed by atoms with Crippen molar-refractivity contribution in [3.8, 4) is 5.75 Å². The molecule has 0 aliphatic carbocycles. The topological polar surface area (TPSA) is 130 Å². The second-order valence-corrected chi connectivity index (χ2v) is 13.2. The van der Waals surface area contributed by atoms with E-state index in [4.69, 9.17) is 4.74 Å². The largest absolute Gasteiger partial charge is 0.497 e. The van der Waals surface area contributed by atoms with Crippen LogP contribution in [0, 0.1) is 5.92 Å². The SMILES string of the molecule is COc1cccc(/C=C/Nc2ccc(C(=O)Nc3cc(C(=O)Nc4nc(C(=O)NCCCN(C)C)c(CCC(C)C)s4)n(C)c3)cc2)c1. The molecule has 2 aromatic heterocycles. The van der Waals surface area contributed by atoms with Crippen molar-refractivity contribution in [1.82, 2.24) is 19.8 Å². The third kappa shape index (κ3) is 10.5. The standard InChI is InChI=1S/C36H45N7O4S/c1-24(2)11-16-31-32(35(46)38-18-8-20-42(3)4)40-36(48-31)41-34(45)30-22-28(23-43(30)5)39-33(44)26-12-14-27(15-13-26)37-19-17-25-9-7-10-29(21-25)47-6/h7,9-10,12-15,17,19,21-24,37H,8,11,16,18,20H2,1-6H3,(H,38,46)(H,39,44)(H,40,41,45)/b19-17+. The summed E-state index contributed by atoms with van der Waals surface area (Å²) >= 11 is 1.32. The third-order valence-corrected chi connectivity index (χ3v) is 8.44. The van der Waals surface area contributed by atoms with E-state index >= 15 is 0 Å². The number of carbonyl (C=O) groups excluding carboxylic acids is 3. The van der Waals surface area contributed by atoms with Gasteiger partial charge >= 0.3 is 0 Å². The Morgan fingerprint density at radius 3 is 2.48 bits per heavy atom. The minimum Gasteiger partial charge on any atom is -0.497 e. The van der Waals surface area contributed by atoms with Crippen molar-refractivity contribution in [3.05, 3.63) is 94.4 Å². The Hall–Kier alpha value is -4.94. The Morgan fingerprint density at radius 2 is 1.77 bits per heavy atom. The maximum Gasteiger partial charge on any atom is 0.274 e. The molecule has 11 nitrogen and oxygen atoms in total. The highest BCUT2D eigenvalue weighted by Gasteiger charge is 2.21. The predicted molar refractivity (Wildman–Crippen MR) is 194 cm³/mol. The summed E-state index contributed by atoms with van der Waals surface area (Å²) < 4.78 is 6.89. The van der Waals surface area contributed by atoms with Crippen LogP contribution in [-0.4, -0.2) is 66.5 Å². The van der Waals surface area contributed by atoms with Crippen LogP contribution < -0.4 is 26.0 Å². The minimum atomic E-state index is -0.391. The van der Waals surface area contributed by atoms with E-state index in [0.29, 0.717) is 46.7 Å². The number of benzene rings is 2. The molecule has 254 valence electrons. The highest BCUT2D eigenvalue weighted by Crippen LogP contribution is 2.27. The van der Waals surface area contributed by atoms with Crippen LogP contribution in [0.4, 0.5) is 16.5 Å². The molecule has 0 spiro atoms. The molecule has 0 bridgehead atoms. The number of aromatic nitrogens is 2. The zero-order valence-electron chi connectivity index (χ0n) is 28.4. The van der Waals surface area contributed by atoms with Crippen LogP contribution in [0.3, 0.4) is 0 Å². The monoisotopic (exact) mass is 671 g/mol. The maximum atomic E-state index is 13.3. The van der Waals surface area contributed by atoms with Crippen LogP contribution in [0.2, 0.25) is 0 Å². The van der Waals surface area contributed by atoms with Gasteiger partial charge in [-0.05, 0) is 99.9 Å². The zero-order chi connectivity index (χ0) is 34.6. The van der Waals surface area contributed by atoms with E-state index in [9.17, 15) is 14.4 Å². The summed E-state index contributed by atoms with van der Waals surface area (Å²) in [6, 6.07) is 16.4. The zero-order valence-corrected chi connectivity index (χ0v) is 29.2. The van der Waals surface area contributed by atoms with Gasteiger partial charge in [0.05, 0.1) is 12.8 Å². The highest BCUT2D eigenvalue weighted by molar-refractivity contribution is 7.16. The molecule has 2 heterocycles. The molecule has 0 radical (unpaired) electrons. The summed E-state index contributed by atoms with van der Waals surface area (Å²) in [5.74, 6) is 0.312. The van der Waals surface area contributed by atoms with E-state index in [-0.39, 0.29) is 11.8 Å². The van der Waals surface area contributed by atoms with Gasteiger partial charge in [0.15, 0.2) is 5.13 Å². The molecule has 48 heavy (non-hydrogen) atoms. The van der Waals surface area contributed by atoms with E-state index in [1.807, 2.05) is 62.8 Å². The first-order valence-electron chi connectivity index (χ1n) is 15.9. The van der Waals surface area contributed by atoms with Crippen molar-refractivity contribution >= 4 is 51.6 Å². The molecule has 0 fully saturated rings. The molecule has 0 unspecified atom stereocenters. The highest BCUT2D eigenvalue weighted by atomic mass is 32.1. The van der Waals surface area contributed by atoms with Crippen LogP contribution in [0.25, 0.3) is 6.08 Å². The third-order valence-electron chi connectivity index (χ3n) is 7.41. The summed E-state index contributed by atoms with van der Waals surface area (Å²) in [7, 11) is 7.35. The van der Waals surface area contributed by atoms with E-state index < -0.39 is 5.91 Å². The smallest absolute Gasteiger partial charge is 0.274 e. The Kier molecular flexibility index (Phi) is 12.9. The lowest BCUT2D eigenvalue weighted by molar-refractivity contribution is 0.0944. The molecule has 0 aliphatic rings. The first-order valence-corrected chi connectivity index (χ1v) is 16.7. The minimum absolute atomic E-state index is 0.235. The first kappa shape index (κ1) is 35.9. The van der Waals surface area contributed by atoms with Gasteiger partial charge in [-0.3, -0.25) is 19.7 Å². The quantitative estimate of drug-likeness (QED) is 0.102. The first-order chi connectivity index (χ1) is 23.0. The molecular formula is C36H45N7O4S. The van der Waals surface area contributed by atoms with E-state index in [1.165, 1.54) is 11.3 Å². The lowest BCUT2D eigenvalue weighted by Crippen LogP contribution is -2.28. The van der Waals surface area contributed by atoms with Gasteiger partial charge in [0.1, 0.15) is 17.1 Å². The number of nitrogens with one attached hydrogen (secondary N) is 4. The number of nitrogens with zero attached hydrogens (tertiary/aromatic N) is 3. The van der Waals surface area contributed by atoms with Crippen LogP contribution >= 0.6 is 11.3 Å². The van der Waals surface area contributed by atoms with Crippen LogP contribution in [0.15, 0.2) is 67.0 Å². The molecule has 4 rings (SSSR count). The summed E-state index contributed by atoms with van der Waals surface area (Å²) in [6.45, 7) is 5.67. The second kappa shape index (κ2) is 17.3. The molecule has 4 N–H and O–H groups in total. The molecule has 0 saturated heterocycles. The van der Waals surface area contributed by atoms with Gasteiger partial charge in [0.25, 0.3) is 17.7 Å². The fourth-order valence-electron chi connectivity index (χ4n) is 4.77. The van der Waals surface area contributed by atoms with Gasteiger partial charge < -0.3 is 30.2 Å². The Balaban J connectivity index is 1.36. The van der Waals surface area contributed by atoms with Gasteiger partial charge in [-0.1, -0.05) is 26.0 Å². The van der Waals surface area contributed by atoms with Gasteiger partial charge in [-0.25, -0.2) is 4.98 Å². The van der Waals surface area contributed by atoms with Gasteiger partial charge in [-0.15, -0.1) is 11.3 Å². The Labute approximate surface area is 286 Å². The molecule has 3 amide bonds. The molecule has 2 aromatic carbocycles. The number of ether oxygens (including phenoxy) is 1. The van der Waals surface area contributed by atoms with E-state index in [0.717, 1.165) is 41.3 Å². The van der Waals surface area contributed by atoms with Crippen LogP contribution in [-0.2, 0) is 13.5 Å². The second-order valence-electron chi connectivity index (χ2n) is 12.1. The normalized spacial score (nSPS) is 11.2. The molecule has 4 aromatic rings. The number of hydrogen-bond donors (Lipinski definition) is 4. The molecule has 0 aliphatic heterocycles. The maximum absolute atomic E-state index is 13.3. The van der Waals surface area contributed by atoms with Crippen molar-refractivity contribution < 1.29 is 19.1 Å². The van der Waals surface area contributed by atoms with E-state index in [1.54, 1.807) is 43.1 Å². The summed E-state index contributed by atoms with van der Waals surface area (Å²) in [4.78, 5) is 46.7. The average Bonchev–Trinajstić information content (AvgIpc) is 3.64. The number of carbonyl (C=O) groups is 3. The molecule has 0 atom stereocenters. The lowest BCUT2D eigenvalue weighted by atomic mass is 10.1. The van der Waals surface area contributed by atoms with Gasteiger partial charge in [0, 0.05) is 42.1 Å². The van der Waals surface area contributed by atoms with Crippen LogP contribution in [0.5, 0.6) is 5.75 Å².